The lowest BCUT2D eigenvalue weighted by atomic mass is 9.88. The molecule has 7 nitrogen and oxygen atoms in total. The lowest BCUT2D eigenvalue weighted by Gasteiger charge is -2.25. The first-order chi connectivity index (χ1) is 15.3. The van der Waals surface area contributed by atoms with Crippen LogP contribution in [0.25, 0.3) is 11.2 Å². The molecule has 0 saturated carbocycles. The molecule has 4 heterocycles. The molecule has 1 saturated heterocycles. The number of piperidine rings is 1. The lowest BCUT2D eigenvalue weighted by molar-refractivity contribution is -0.142. The van der Waals surface area contributed by atoms with Crippen LogP contribution in [0.1, 0.15) is 60.8 Å². The number of pyridine rings is 1. The van der Waals surface area contributed by atoms with Gasteiger partial charge in [-0.25, -0.2) is 9.97 Å². The molecule has 1 fully saturated rings. The molecule has 3 aromatic rings. The van der Waals surface area contributed by atoms with E-state index in [0.717, 1.165) is 37.7 Å². The van der Waals surface area contributed by atoms with E-state index >= 15 is 0 Å². The minimum absolute atomic E-state index is 0.0152. The average molecular weight is 448 g/mol. The van der Waals surface area contributed by atoms with Crippen molar-refractivity contribution in [1.82, 2.24) is 29.8 Å². The second kappa shape index (κ2) is 9.72. The van der Waals surface area contributed by atoms with E-state index in [4.69, 9.17) is 0 Å². The van der Waals surface area contributed by atoms with E-state index in [1.807, 2.05) is 20.8 Å². The van der Waals surface area contributed by atoms with E-state index in [1.165, 1.54) is 10.8 Å². The molecular weight excluding hydrogens is 421 g/mol. The van der Waals surface area contributed by atoms with Crippen molar-refractivity contribution in [3.05, 3.63) is 57.2 Å². The van der Waals surface area contributed by atoms with E-state index < -0.39 is 11.9 Å². The molecule has 4 rings (SSSR count). The second-order valence-corrected chi connectivity index (χ2v) is 7.49. The lowest BCUT2D eigenvalue weighted by Crippen LogP contribution is -2.34. The van der Waals surface area contributed by atoms with Crippen LogP contribution in [0, 0.1) is 13.8 Å². The summed E-state index contributed by atoms with van der Waals surface area (Å²) in [7, 11) is 0. The van der Waals surface area contributed by atoms with Gasteiger partial charge in [0.1, 0.15) is 5.52 Å². The number of halogens is 3. The summed E-state index contributed by atoms with van der Waals surface area (Å²) in [5, 5.41) is 3.27. The van der Waals surface area contributed by atoms with E-state index in [1.54, 1.807) is 13.1 Å². The molecule has 0 radical (unpaired) electrons. The fourth-order valence-corrected chi connectivity index (χ4v) is 4.05. The third-order valence-corrected chi connectivity index (χ3v) is 5.46. The zero-order valence-electron chi connectivity index (χ0n) is 18.6. The van der Waals surface area contributed by atoms with Gasteiger partial charge in [-0.15, -0.1) is 0 Å². The van der Waals surface area contributed by atoms with Gasteiger partial charge in [0.2, 0.25) is 0 Å². The smallest absolute Gasteiger partial charge is 0.317 e. The standard InChI is InChI=1S/C20H21F3N6O.C2H6/c1-11-9-27-16-12(2)15(13-3-5-24-6-4-13)19(30)29(18(16)28-11)10-14-17(20(21,22)23)26-8-7-25-14;1-2/h7-9,13,24H,3-6,10H2,1-2H3;1-2H3. The number of aryl methyl sites for hydroxylation is 2. The van der Waals surface area contributed by atoms with Crippen LogP contribution in [0.2, 0.25) is 0 Å². The first-order valence-electron chi connectivity index (χ1n) is 10.7. The topological polar surface area (TPSA) is 85.6 Å². The predicted molar refractivity (Wildman–Crippen MR) is 116 cm³/mol. The summed E-state index contributed by atoms with van der Waals surface area (Å²) in [6, 6.07) is 0. The molecular formula is C22H27F3N6O. The summed E-state index contributed by atoms with van der Waals surface area (Å²) in [5.41, 5.74) is 0.914. The van der Waals surface area contributed by atoms with Gasteiger partial charge in [0.25, 0.3) is 5.56 Å². The summed E-state index contributed by atoms with van der Waals surface area (Å²) < 4.78 is 41.6. The van der Waals surface area contributed by atoms with Crippen molar-refractivity contribution in [2.75, 3.05) is 13.1 Å². The predicted octanol–water partition coefficient (Wildman–Crippen LogP) is 3.76. The summed E-state index contributed by atoms with van der Waals surface area (Å²) >= 11 is 0. The van der Waals surface area contributed by atoms with Gasteiger partial charge in [-0.05, 0) is 51.3 Å². The zero-order valence-corrected chi connectivity index (χ0v) is 18.6. The first kappa shape index (κ1) is 23.8. The third kappa shape index (κ3) is 4.64. The van der Waals surface area contributed by atoms with E-state index in [-0.39, 0.29) is 29.4 Å². The molecule has 0 bridgehead atoms. The molecule has 1 aliphatic heterocycles. The molecule has 3 aromatic heterocycles. The Labute approximate surface area is 184 Å². The summed E-state index contributed by atoms with van der Waals surface area (Å²) in [5.74, 6) is 0.0152. The quantitative estimate of drug-likeness (QED) is 0.657. The summed E-state index contributed by atoms with van der Waals surface area (Å²) in [4.78, 5) is 29.7. The summed E-state index contributed by atoms with van der Waals surface area (Å²) in [6.45, 7) is 8.74. The number of nitrogens with one attached hydrogen (secondary N) is 1. The average Bonchev–Trinajstić information content (AvgIpc) is 2.78. The molecule has 172 valence electrons. The van der Waals surface area contributed by atoms with E-state index in [2.05, 4.69) is 25.3 Å². The molecule has 10 heteroatoms. The number of fused-ring (bicyclic) bond motifs is 1. The largest absolute Gasteiger partial charge is 0.435 e. The Morgan fingerprint density at radius 1 is 1.09 bits per heavy atom. The molecule has 0 atom stereocenters. The Balaban J connectivity index is 0.00000141. The van der Waals surface area contributed by atoms with Crippen LogP contribution < -0.4 is 10.9 Å². The fourth-order valence-electron chi connectivity index (χ4n) is 4.05. The molecule has 32 heavy (non-hydrogen) atoms. The minimum atomic E-state index is -4.67. The maximum atomic E-state index is 13.5. The molecule has 0 spiro atoms. The molecule has 1 aliphatic rings. The van der Waals surface area contributed by atoms with Crippen LogP contribution in [0.3, 0.4) is 0 Å². The fraction of sp³-hybridized carbons (Fsp3) is 0.500. The van der Waals surface area contributed by atoms with Gasteiger partial charge in [0.15, 0.2) is 11.3 Å². The number of alkyl halides is 3. The number of hydrogen-bond acceptors (Lipinski definition) is 6. The number of aromatic nitrogens is 5. The number of hydrogen-bond donors (Lipinski definition) is 1. The van der Waals surface area contributed by atoms with Crippen molar-refractivity contribution in [2.45, 2.75) is 59.2 Å². The van der Waals surface area contributed by atoms with Crippen molar-refractivity contribution in [2.24, 2.45) is 0 Å². The monoisotopic (exact) mass is 448 g/mol. The highest BCUT2D eigenvalue weighted by atomic mass is 19.4. The van der Waals surface area contributed by atoms with Crippen molar-refractivity contribution < 1.29 is 13.2 Å². The minimum Gasteiger partial charge on any atom is -0.317 e. The van der Waals surface area contributed by atoms with Crippen LogP contribution in [0.5, 0.6) is 0 Å². The van der Waals surface area contributed by atoms with Gasteiger partial charge < -0.3 is 5.32 Å². The van der Waals surface area contributed by atoms with Crippen molar-refractivity contribution in [3.8, 4) is 0 Å². The maximum Gasteiger partial charge on any atom is 0.435 e. The Bertz CT molecular complexity index is 1150. The molecule has 0 unspecified atom stereocenters. The van der Waals surface area contributed by atoms with Crippen LogP contribution in [0.15, 0.2) is 23.4 Å². The highest BCUT2D eigenvalue weighted by Crippen LogP contribution is 2.31. The Hall–Kier alpha value is -2.88. The maximum absolute atomic E-state index is 13.5. The third-order valence-electron chi connectivity index (χ3n) is 5.46. The van der Waals surface area contributed by atoms with E-state index in [9.17, 15) is 18.0 Å². The SMILES string of the molecule is CC.Cc1cnc2c(C)c(C3CCNCC3)c(=O)n(Cc3nccnc3C(F)(F)F)c2n1. The van der Waals surface area contributed by atoms with Crippen molar-refractivity contribution in [3.63, 3.8) is 0 Å². The Morgan fingerprint density at radius 3 is 2.41 bits per heavy atom. The summed E-state index contributed by atoms with van der Waals surface area (Å²) in [6.07, 6.45) is 0.663. The van der Waals surface area contributed by atoms with Gasteiger partial charge in [-0.3, -0.25) is 19.3 Å². The second-order valence-electron chi connectivity index (χ2n) is 7.49. The van der Waals surface area contributed by atoms with Gasteiger partial charge in [0.05, 0.1) is 17.9 Å². The zero-order chi connectivity index (χ0) is 23.5. The highest BCUT2D eigenvalue weighted by molar-refractivity contribution is 5.76. The van der Waals surface area contributed by atoms with Crippen LogP contribution in [-0.4, -0.2) is 37.6 Å². The number of rotatable bonds is 3. The van der Waals surface area contributed by atoms with Crippen molar-refractivity contribution >= 4 is 11.2 Å². The van der Waals surface area contributed by atoms with Gasteiger partial charge in [-0.1, -0.05) is 13.8 Å². The molecule has 0 aliphatic carbocycles. The van der Waals surface area contributed by atoms with Crippen LogP contribution in [0.4, 0.5) is 13.2 Å². The molecule has 0 amide bonds. The van der Waals surface area contributed by atoms with Crippen LogP contribution >= 0.6 is 0 Å². The van der Waals surface area contributed by atoms with Crippen LogP contribution in [-0.2, 0) is 12.7 Å². The van der Waals surface area contributed by atoms with Gasteiger partial charge in [-0.2, -0.15) is 13.2 Å². The first-order valence-corrected chi connectivity index (χ1v) is 10.7. The highest BCUT2D eigenvalue weighted by Gasteiger charge is 2.36. The normalized spacial score (nSPS) is 14.8. The van der Waals surface area contributed by atoms with Gasteiger partial charge in [0, 0.05) is 24.2 Å². The molecule has 1 N–H and O–H groups in total. The number of nitrogens with zero attached hydrogens (tertiary/aromatic N) is 5. The molecule has 0 aromatic carbocycles. The Kier molecular flexibility index (Phi) is 7.22. The van der Waals surface area contributed by atoms with Gasteiger partial charge >= 0.3 is 6.18 Å². The van der Waals surface area contributed by atoms with Crippen molar-refractivity contribution in [1.29, 1.82) is 0 Å². The Morgan fingerprint density at radius 2 is 1.75 bits per heavy atom. The van der Waals surface area contributed by atoms with E-state index in [0.29, 0.717) is 16.8 Å².